The summed E-state index contributed by atoms with van der Waals surface area (Å²) < 4.78 is 19.6. The molecule has 0 aliphatic heterocycles. The number of halogens is 1. The van der Waals surface area contributed by atoms with Crippen LogP contribution in [-0.2, 0) is 6.54 Å². The summed E-state index contributed by atoms with van der Waals surface area (Å²) in [5, 5.41) is 2.91. The fourth-order valence-electron chi connectivity index (χ4n) is 2.59. The second-order valence-corrected chi connectivity index (χ2v) is 6.80. The predicted molar refractivity (Wildman–Crippen MR) is 104 cm³/mol. The Morgan fingerprint density at radius 1 is 1.00 bits per heavy atom. The van der Waals surface area contributed by atoms with E-state index in [2.05, 4.69) is 10.3 Å². The normalized spacial score (nSPS) is 10.7. The van der Waals surface area contributed by atoms with Crippen LogP contribution in [0.4, 0.5) is 4.39 Å². The molecule has 0 aliphatic rings. The minimum absolute atomic E-state index is 0.128. The van der Waals surface area contributed by atoms with Crippen molar-refractivity contribution < 1.29 is 13.9 Å². The van der Waals surface area contributed by atoms with Gasteiger partial charge in [0.25, 0.3) is 5.91 Å². The summed E-state index contributed by atoms with van der Waals surface area (Å²) in [5.41, 5.74) is 4.23. The quantitative estimate of drug-likeness (QED) is 0.522. The summed E-state index contributed by atoms with van der Waals surface area (Å²) in [5.74, 6) is 0.781. The van der Waals surface area contributed by atoms with Crippen molar-refractivity contribution >= 4 is 27.5 Å². The van der Waals surface area contributed by atoms with Gasteiger partial charge in [-0.05, 0) is 60.2 Å². The number of ether oxygens (including phenoxy) is 1. The number of benzene rings is 3. The molecule has 0 bridgehead atoms. The number of hydrogen-bond acceptors (Lipinski definition) is 4. The summed E-state index contributed by atoms with van der Waals surface area (Å²) >= 11 is 1.51. The third-order valence-corrected chi connectivity index (χ3v) is 4.81. The molecule has 0 radical (unpaired) electrons. The maximum absolute atomic E-state index is 12.9. The summed E-state index contributed by atoms with van der Waals surface area (Å²) in [6, 6.07) is 18.7. The molecule has 27 heavy (non-hydrogen) atoms. The number of fused-ring (bicyclic) bond motifs is 1. The van der Waals surface area contributed by atoms with E-state index >= 15 is 0 Å². The molecular formula is C21H15FN2O2S. The molecular weight excluding hydrogens is 363 g/mol. The van der Waals surface area contributed by atoms with E-state index in [9.17, 15) is 9.18 Å². The molecule has 4 aromatic rings. The minimum atomic E-state index is -0.303. The Balaban J connectivity index is 1.36. The smallest absolute Gasteiger partial charge is 0.251 e. The molecule has 3 aromatic carbocycles. The van der Waals surface area contributed by atoms with Gasteiger partial charge in [-0.3, -0.25) is 4.79 Å². The fourth-order valence-corrected chi connectivity index (χ4v) is 3.31. The average Bonchev–Trinajstić information content (AvgIpc) is 3.17. The average molecular weight is 378 g/mol. The van der Waals surface area contributed by atoms with E-state index in [0.717, 1.165) is 15.8 Å². The zero-order valence-electron chi connectivity index (χ0n) is 14.2. The van der Waals surface area contributed by atoms with Crippen molar-refractivity contribution in [1.82, 2.24) is 10.3 Å². The zero-order valence-corrected chi connectivity index (χ0v) is 15.0. The highest BCUT2D eigenvalue weighted by Crippen LogP contribution is 2.22. The third kappa shape index (κ3) is 4.12. The molecule has 0 spiro atoms. The number of aromatic nitrogens is 1. The van der Waals surface area contributed by atoms with Crippen LogP contribution in [0.5, 0.6) is 11.5 Å². The Morgan fingerprint density at radius 3 is 2.44 bits per heavy atom. The first-order valence-corrected chi connectivity index (χ1v) is 9.19. The van der Waals surface area contributed by atoms with Gasteiger partial charge in [0, 0.05) is 12.1 Å². The van der Waals surface area contributed by atoms with Crippen LogP contribution < -0.4 is 10.1 Å². The van der Waals surface area contributed by atoms with Gasteiger partial charge in [-0.25, -0.2) is 9.37 Å². The van der Waals surface area contributed by atoms with Crippen molar-refractivity contribution in [2.75, 3.05) is 0 Å². The van der Waals surface area contributed by atoms with E-state index < -0.39 is 0 Å². The lowest BCUT2D eigenvalue weighted by Gasteiger charge is -2.08. The zero-order chi connectivity index (χ0) is 18.6. The summed E-state index contributed by atoms with van der Waals surface area (Å²) in [6.07, 6.45) is 0. The minimum Gasteiger partial charge on any atom is -0.457 e. The molecule has 134 valence electrons. The van der Waals surface area contributed by atoms with Gasteiger partial charge < -0.3 is 10.1 Å². The van der Waals surface area contributed by atoms with Gasteiger partial charge in [0.1, 0.15) is 17.3 Å². The van der Waals surface area contributed by atoms with Crippen molar-refractivity contribution in [1.29, 1.82) is 0 Å². The Labute approximate surface area is 159 Å². The van der Waals surface area contributed by atoms with E-state index in [1.807, 2.05) is 36.4 Å². The first-order chi connectivity index (χ1) is 13.2. The number of thiazole rings is 1. The lowest BCUT2D eigenvalue weighted by molar-refractivity contribution is 0.0951. The van der Waals surface area contributed by atoms with E-state index in [4.69, 9.17) is 4.74 Å². The Morgan fingerprint density at radius 2 is 1.70 bits per heavy atom. The molecule has 1 amide bonds. The molecule has 4 nitrogen and oxygen atoms in total. The van der Waals surface area contributed by atoms with Gasteiger partial charge in [0.05, 0.1) is 15.7 Å². The standard InChI is InChI=1S/C21H15FN2O2S/c22-16-4-8-18(9-5-16)26-17-6-1-14(2-7-17)12-23-21(25)15-3-10-19-20(11-15)27-13-24-19/h1-11,13H,12H2,(H,23,25). The number of carbonyl (C=O) groups is 1. The lowest BCUT2D eigenvalue weighted by atomic mass is 10.2. The first-order valence-electron chi connectivity index (χ1n) is 8.31. The molecule has 1 N–H and O–H groups in total. The van der Waals surface area contributed by atoms with Crippen LogP contribution in [0.2, 0.25) is 0 Å². The monoisotopic (exact) mass is 378 g/mol. The molecule has 4 rings (SSSR count). The topological polar surface area (TPSA) is 51.2 Å². The van der Waals surface area contributed by atoms with Gasteiger partial charge in [0.15, 0.2) is 0 Å². The van der Waals surface area contributed by atoms with Crippen LogP contribution in [0, 0.1) is 5.82 Å². The van der Waals surface area contributed by atoms with Crippen LogP contribution in [0.3, 0.4) is 0 Å². The number of nitrogens with zero attached hydrogens (tertiary/aromatic N) is 1. The van der Waals surface area contributed by atoms with Crippen molar-refractivity contribution in [2.45, 2.75) is 6.54 Å². The summed E-state index contributed by atoms with van der Waals surface area (Å²) in [6.45, 7) is 0.413. The second kappa shape index (κ2) is 7.55. The number of rotatable bonds is 5. The highest BCUT2D eigenvalue weighted by molar-refractivity contribution is 7.16. The van der Waals surface area contributed by atoms with Crippen LogP contribution >= 0.6 is 11.3 Å². The Bertz CT molecular complexity index is 1080. The Kier molecular flexibility index (Phi) is 4.80. The lowest BCUT2D eigenvalue weighted by Crippen LogP contribution is -2.22. The molecule has 1 aromatic heterocycles. The van der Waals surface area contributed by atoms with Gasteiger partial charge in [-0.2, -0.15) is 0 Å². The molecule has 0 saturated heterocycles. The van der Waals surface area contributed by atoms with Crippen LogP contribution in [0.25, 0.3) is 10.2 Å². The number of carbonyl (C=O) groups excluding carboxylic acids is 1. The van der Waals surface area contributed by atoms with Crippen LogP contribution in [0.1, 0.15) is 15.9 Å². The summed E-state index contributed by atoms with van der Waals surface area (Å²) in [7, 11) is 0. The van der Waals surface area contributed by atoms with Gasteiger partial charge in [-0.1, -0.05) is 12.1 Å². The second-order valence-electron chi connectivity index (χ2n) is 5.92. The van der Waals surface area contributed by atoms with Crippen LogP contribution in [-0.4, -0.2) is 10.9 Å². The number of hydrogen-bond donors (Lipinski definition) is 1. The van der Waals surface area contributed by atoms with E-state index in [-0.39, 0.29) is 11.7 Å². The molecule has 0 unspecified atom stereocenters. The molecule has 1 heterocycles. The van der Waals surface area contributed by atoms with E-state index in [0.29, 0.717) is 23.6 Å². The maximum Gasteiger partial charge on any atom is 0.251 e. The van der Waals surface area contributed by atoms with Gasteiger partial charge >= 0.3 is 0 Å². The Hall–Kier alpha value is -3.25. The predicted octanol–water partition coefficient (Wildman–Crippen LogP) is 5.16. The highest BCUT2D eigenvalue weighted by Gasteiger charge is 2.07. The fraction of sp³-hybridized carbons (Fsp3) is 0.0476. The third-order valence-electron chi connectivity index (χ3n) is 4.02. The van der Waals surface area contributed by atoms with Crippen LogP contribution in [0.15, 0.2) is 72.2 Å². The maximum atomic E-state index is 12.9. The molecule has 0 atom stereocenters. The van der Waals surface area contributed by atoms with Crippen molar-refractivity contribution in [3.05, 3.63) is 89.2 Å². The first kappa shape index (κ1) is 17.2. The van der Waals surface area contributed by atoms with E-state index in [1.165, 1.54) is 23.5 Å². The molecule has 6 heteroatoms. The summed E-state index contributed by atoms with van der Waals surface area (Å²) in [4.78, 5) is 16.5. The molecule has 0 aliphatic carbocycles. The highest BCUT2D eigenvalue weighted by atomic mass is 32.1. The molecule has 0 fully saturated rings. The number of nitrogens with one attached hydrogen (secondary N) is 1. The van der Waals surface area contributed by atoms with E-state index in [1.54, 1.807) is 23.7 Å². The SMILES string of the molecule is O=C(NCc1ccc(Oc2ccc(F)cc2)cc1)c1ccc2ncsc2c1. The largest absolute Gasteiger partial charge is 0.457 e. The van der Waals surface area contributed by atoms with Gasteiger partial charge in [-0.15, -0.1) is 11.3 Å². The van der Waals surface area contributed by atoms with Crippen molar-refractivity contribution in [3.8, 4) is 11.5 Å². The van der Waals surface area contributed by atoms with Gasteiger partial charge in [0.2, 0.25) is 0 Å². The molecule has 0 saturated carbocycles. The van der Waals surface area contributed by atoms with Crippen molar-refractivity contribution in [3.63, 3.8) is 0 Å². The van der Waals surface area contributed by atoms with Crippen molar-refractivity contribution in [2.24, 2.45) is 0 Å². The number of amides is 1.